The Balaban J connectivity index is 2.21. The summed E-state index contributed by atoms with van der Waals surface area (Å²) in [5.41, 5.74) is 1.66. The maximum Gasteiger partial charge on any atom is 0.272 e. The van der Waals surface area contributed by atoms with E-state index in [1.54, 1.807) is 26.0 Å². The van der Waals surface area contributed by atoms with Crippen molar-refractivity contribution in [3.05, 3.63) is 57.3 Å². The van der Waals surface area contributed by atoms with Crippen molar-refractivity contribution in [2.75, 3.05) is 5.32 Å². The second-order valence-corrected chi connectivity index (χ2v) is 4.51. The molecule has 21 heavy (non-hydrogen) atoms. The number of aryl methyl sites for hydroxylation is 1. The average molecular weight is 290 g/mol. The van der Waals surface area contributed by atoms with Crippen LogP contribution in [-0.2, 0) is 13.0 Å². The fourth-order valence-electron chi connectivity index (χ4n) is 2.01. The molecular weight excluding hydrogens is 275 g/mol. The highest BCUT2D eigenvalue weighted by molar-refractivity contribution is 5.46. The summed E-state index contributed by atoms with van der Waals surface area (Å²) in [7, 11) is 0. The van der Waals surface area contributed by atoms with E-state index in [9.17, 15) is 14.5 Å². The molecule has 0 aliphatic heterocycles. The smallest absolute Gasteiger partial charge is 0.272 e. The maximum atomic E-state index is 14.0. The first-order valence-electron chi connectivity index (χ1n) is 6.50. The monoisotopic (exact) mass is 290 g/mol. The zero-order chi connectivity index (χ0) is 15.4. The molecule has 0 radical (unpaired) electrons. The Kier molecular flexibility index (Phi) is 4.42. The summed E-state index contributed by atoms with van der Waals surface area (Å²) in [4.78, 5) is 18.2. The molecule has 6 nitrogen and oxygen atoms in total. The normalized spacial score (nSPS) is 10.4. The number of anilines is 1. The van der Waals surface area contributed by atoms with E-state index in [-0.39, 0.29) is 18.1 Å². The summed E-state index contributed by atoms with van der Waals surface area (Å²) in [6.45, 7) is 3.73. The number of aromatic nitrogens is 2. The lowest BCUT2D eigenvalue weighted by Crippen LogP contribution is -2.08. The third kappa shape index (κ3) is 3.13. The molecule has 0 saturated carbocycles. The maximum absolute atomic E-state index is 14.0. The Morgan fingerprint density at radius 1 is 1.38 bits per heavy atom. The second-order valence-electron chi connectivity index (χ2n) is 4.51. The van der Waals surface area contributed by atoms with Gasteiger partial charge < -0.3 is 5.32 Å². The van der Waals surface area contributed by atoms with Gasteiger partial charge in [-0.25, -0.2) is 14.4 Å². The summed E-state index contributed by atoms with van der Waals surface area (Å²) >= 11 is 0. The van der Waals surface area contributed by atoms with Crippen LogP contribution in [0.15, 0.2) is 24.5 Å². The molecule has 0 aliphatic rings. The van der Waals surface area contributed by atoms with Gasteiger partial charge in [-0.2, -0.15) is 0 Å². The lowest BCUT2D eigenvalue weighted by Gasteiger charge is -2.10. The van der Waals surface area contributed by atoms with Gasteiger partial charge in [0, 0.05) is 18.2 Å². The van der Waals surface area contributed by atoms with E-state index in [2.05, 4.69) is 15.3 Å². The van der Waals surface area contributed by atoms with Gasteiger partial charge >= 0.3 is 0 Å². The number of benzene rings is 1. The molecule has 0 spiro atoms. The summed E-state index contributed by atoms with van der Waals surface area (Å²) in [6.07, 6.45) is 1.77. The summed E-state index contributed by atoms with van der Waals surface area (Å²) in [5, 5.41) is 13.8. The fourth-order valence-corrected chi connectivity index (χ4v) is 2.01. The number of nitro groups is 1. The lowest BCUT2D eigenvalue weighted by molar-refractivity contribution is -0.385. The summed E-state index contributed by atoms with van der Waals surface area (Å²) in [5.74, 6) is -0.379. The molecule has 0 fully saturated rings. The number of nitrogens with one attached hydrogen (secondary N) is 1. The Labute approximate surface area is 121 Å². The zero-order valence-corrected chi connectivity index (χ0v) is 11.8. The van der Waals surface area contributed by atoms with E-state index in [0.29, 0.717) is 17.7 Å². The number of nitrogens with zero attached hydrogens (tertiary/aromatic N) is 3. The van der Waals surface area contributed by atoms with Crippen LogP contribution in [0.25, 0.3) is 0 Å². The minimum atomic E-state index is -0.483. The van der Waals surface area contributed by atoms with E-state index >= 15 is 0 Å². The molecule has 1 aromatic carbocycles. The van der Waals surface area contributed by atoms with Gasteiger partial charge in [0.05, 0.1) is 10.6 Å². The molecule has 1 N–H and O–H groups in total. The topological polar surface area (TPSA) is 81.0 Å². The van der Waals surface area contributed by atoms with Gasteiger partial charge in [-0.05, 0) is 18.9 Å². The van der Waals surface area contributed by atoms with Gasteiger partial charge in [0.2, 0.25) is 0 Å². The molecule has 2 rings (SSSR count). The predicted molar refractivity (Wildman–Crippen MR) is 76.5 cm³/mol. The van der Waals surface area contributed by atoms with E-state index in [1.807, 2.05) is 0 Å². The minimum absolute atomic E-state index is 0.0479. The number of hydrogen-bond donors (Lipinski definition) is 1. The van der Waals surface area contributed by atoms with Crippen molar-refractivity contribution in [1.29, 1.82) is 0 Å². The fraction of sp³-hybridized carbons (Fsp3) is 0.286. The average Bonchev–Trinajstić information content (AvgIpc) is 2.47. The molecule has 0 amide bonds. The Morgan fingerprint density at radius 3 is 2.81 bits per heavy atom. The first-order chi connectivity index (χ1) is 10.0. The first kappa shape index (κ1) is 14.8. The second kappa shape index (κ2) is 6.25. The molecule has 0 aliphatic carbocycles. The minimum Gasteiger partial charge on any atom is -0.363 e. The van der Waals surface area contributed by atoms with E-state index in [0.717, 1.165) is 5.56 Å². The Hall–Kier alpha value is -2.57. The highest BCUT2D eigenvalue weighted by Crippen LogP contribution is 2.22. The van der Waals surface area contributed by atoms with Crippen molar-refractivity contribution in [2.45, 2.75) is 26.8 Å². The van der Waals surface area contributed by atoms with E-state index in [4.69, 9.17) is 0 Å². The van der Waals surface area contributed by atoms with Crippen molar-refractivity contribution in [3.8, 4) is 0 Å². The SMILES string of the molecule is CCc1ncnc(NCc2cccc([N+](=O)[O-])c2C)c1F. The molecule has 1 aromatic heterocycles. The molecule has 110 valence electrons. The van der Waals surface area contributed by atoms with Crippen LogP contribution in [0.2, 0.25) is 0 Å². The van der Waals surface area contributed by atoms with Crippen LogP contribution < -0.4 is 5.32 Å². The highest BCUT2D eigenvalue weighted by atomic mass is 19.1. The van der Waals surface area contributed by atoms with Crippen LogP contribution in [0.4, 0.5) is 15.9 Å². The lowest BCUT2D eigenvalue weighted by atomic mass is 10.1. The standard InChI is InChI=1S/C14H15FN4O2/c1-3-11-13(15)14(18-8-17-11)16-7-10-5-4-6-12(9(10)2)19(20)21/h4-6,8H,3,7H2,1-2H3,(H,16,17,18). The van der Waals surface area contributed by atoms with Gasteiger partial charge in [0.1, 0.15) is 6.33 Å². The quantitative estimate of drug-likeness (QED) is 0.676. The van der Waals surface area contributed by atoms with Crippen LogP contribution in [0, 0.1) is 22.9 Å². The number of hydrogen-bond acceptors (Lipinski definition) is 5. The van der Waals surface area contributed by atoms with Gasteiger partial charge in [0.25, 0.3) is 5.69 Å². The highest BCUT2D eigenvalue weighted by Gasteiger charge is 2.14. The molecule has 0 atom stereocenters. The van der Waals surface area contributed by atoms with Gasteiger partial charge in [-0.3, -0.25) is 10.1 Å². The molecule has 2 aromatic rings. The van der Waals surface area contributed by atoms with Crippen molar-refractivity contribution in [1.82, 2.24) is 9.97 Å². The van der Waals surface area contributed by atoms with Crippen LogP contribution in [0.3, 0.4) is 0 Å². The summed E-state index contributed by atoms with van der Waals surface area (Å²) < 4.78 is 14.0. The summed E-state index contributed by atoms with van der Waals surface area (Å²) in [6, 6.07) is 4.81. The van der Waals surface area contributed by atoms with Gasteiger partial charge in [-0.15, -0.1) is 0 Å². The molecule has 1 heterocycles. The van der Waals surface area contributed by atoms with Crippen LogP contribution in [0.5, 0.6) is 0 Å². The van der Waals surface area contributed by atoms with Crippen molar-refractivity contribution in [3.63, 3.8) is 0 Å². The molecule has 0 saturated heterocycles. The van der Waals surface area contributed by atoms with Gasteiger partial charge in [0.15, 0.2) is 11.6 Å². The molecule has 0 unspecified atom stereocenters. The van der Waals surface area contributed by atoms with Crippen LogP contribution >= 0.6 is 0 Å². The number of halogens is 1. The van der Waals surface area contributed by atoms with E-state index in [1.165, 1.54) is 12.4 Å². The van der Waals surface area contributed by atoms with Crippen molar-refractivity contribution < 1.29 is 9.31 Å². The Bertz CT molecular complexity index is 676. The molecule has 0 bridgehead atoms. The molecule has 7 heteroatoms. The first-order valence-corrected chi connectivity index (χ1v) is 6.50. The van der Waals surface area contributed by atoms with Crippen LogP contribution in [0.1, 0.15) is 23.7 Å². The van der Waals surface area contributed by atoms with Gasteiger partial charge in [-0.1, -0.05) is 19.1 Å². The number of nitro benzene ring substituents is 1. The van der Waals surface area contributed by atoms with Crippen molar-refractivity contribution >= 4 is 11.5 Å². The Morgan fingerprint density at radius 2 is 2.14 bits per heavy atom. The zero-order valence-electron chi connectivity index (χ0n) is 11.8. The third-order valence-electron chi connectivity index (χ3n) is 3.26. The largest absolute Gasteiger partial charge is 0.363 e. The van der Waals surface area contributed by atoms with Crippen molar-refractivity contribution in [2.24, 2.45) is 0 Å². The third-order valence-corrected chi connectivity index (χ3v) is 3.26. The van der Waals surface area contributed by atoms with E-state index < -0.39 is 10.7 Å². The number of rotatable bonds is 5. The van der Waals surface area contributed by atoms with Crippen LogP contribution in [-0.4, -0.2) is 14.9 Å². The predicted octanol–water partition coefficient (Wildman–Crippen LogP) is 3.01. The molecular formula is C14H15FN4O2.